The third kappa shape index (κ3) is 3.68. The lowest BCUT2D eigenvalue weighted by Gasteiger charge is -2.14. The van der Waals surface area contributed by atoms with E-state index in [-0.39, 0.29) is 18.0 Å². The largest absolute Gasteiger partial charge is 0.394 e. The van der Waals surface area contributed by atoms with Gasteiger partial charge in [0, 0.05) is 0 Å². The monoisotopic (exact) mass is 304 g/mol. The SMILES string of the molecule is Nc1ncnc2nn(C[C@@H](CO)OCP(=O)(O)O)nc12. The van der Waals surface area contributed by atoms with Crippen LogP contribution in [-0.4, -0.2) is 58.9 Å². The smallest absolute Gasteiger partial charge is 0.350 e. The molecular weight excluding hydrogens is 291 g/mol. The van der Waals surface area contributed by atoms with E-state index in [1.54, 1.807) is 0 Å². The Kier molecular flexibility index (Phi) is 4.26. The molecule has 2 aromatic heterocycles. The summed E-state index contributed by atoms with van der Waals surface area (Å²) < 4.78 is 15.6. The van der Waals surface area contributed by atoms with Crippen molar-refractivity contribution in [1.29, 1.82) is 0 Å². The zero-order valence-electron chi connectivity index (χ0n) is 10.2. The lowest BCUT2D eigenvalue weighted by atomic mass is 10.4. The number of nitrogens with zero attached hydrogens (tertiary/aromatic N) is 5. The molecule has 2 heterocycles. The lowest BCUT2D eigenvalue weighted by molar-refractivity contribution is 0.0151. The molecule has 11 nitrogen and oxygen atoms in total. The molecule has 5 N–H and O–H groups in total. The predicted molar refractivity (Wildman–Crippen MR) is 66.4 cm³/mol. The highest BCUT2D eigenvalue weighted by Crippen LogP contribution is 2.34. The number of rotatable bonds is 6. The summed E-state index contributed by atoms with van der Waals surface area (Å²) in [6.45, 7) is -0.453. The van der Waals surface area contributed by atoms with Crippen molar-refractivity contribution in [3.8, 4) is 0 Å². The van der Waals surface area contributed by atoms with Crippen LogP contribution in [0, 0.1) is 0 Å². The molecule has 0 fully saturated rings. The van der Waals surface area contributed by atoms with Crippen LogP contribution in [0.2, 0.25) is 0 Å². The number of nitrogens with two attached hydrogens (primary N) is 1. The van der Waals surface area contributed by atoms with Gasteiger partial charge < -0.3 is 25.4 Å². The first kappa shape index (κ1) is 14.8. The number of aliphatic hydroxyl groups excluding tert-OH is 1. The molecule has 0 aliphatic carbocycles. The van der Waals surface area contributed by atoms with Gasteiger partial charge in [0.25, 0.3) is 0 Å². The molecule has 20 heavy (non-hydrogen) atoms. The van der Waals surface area contributed by atoms with Crippen LogP contribution in [0.15, 0.2) is 6.33 Å². The molecule has 12 heteroatoms. The quantitative estimate of drug-likeness (QED) is 0.452. The number of ether oxygens (including phenoxy) is 1. The van der Waals surface area contributed by atoms with Gasteiger partial charge in [-0.15, -0.1) is 10.2 Å². The number of nitrogen functional groups attached to an aromatic ring is 1. The molecule has 0 spiro atoms. The minimum absolute atomic E-state index is 0.00764. The van der Waals surface area contributed by atoms with Crippen molar-refractivity contribution in [2.24, 2.45) is 0 Å². The summed E-state index contributed by atoms with van der Waals surface area (Å²) in [6.07, 6.45) is -0.413. The fourth-order valence-corrected chi connectivity index (χ4v) is 1.83. The minimum Gasteiger partial charge on any atom is -0.394 e. The van der Waals surface area contributed by atoms with Gasteiger partial charge in [-0.2, -0.15) is 4.80 Å². The lowest BCUT2D eigenvalue weighted by Crippen LogP contribution is -2.25. The van der Waals surface area contributed by atoms with Crippen molar-refractivity contribution in [3.05, 3.63) is 6.33 Å². The second-order valence-corrected chi connectivity index (χ2v) is 5.54. The summed E-state index contributed by atoms with van der Waals surface area (Å²) in [6, 6.07) is 0. The van der Waals surface area contributed by atoms with Gasteiger partial charge in [-0.05, 0) is 0 Å². The second kappa shape index (κ2) is 5.77. The Morgan fingerprint density at radius 3 is 2.75 bits per heavy atom. The van der Waals surface area contributed by atoms with Crippen molar-refractivity contribution in [1.82, 2.24) is 25.0 Å². The molecule has 0 saturated heterocycles. The summed E-state index contributed by atoms with van der Waals surface area (Å²) in [7, 11) is -4.30. The van der Waals surface area contributed by atoms with E-state index in [0.717, 1.165) is 0 Å². The van der Waals surface area contributed by atoms with Crippen LogP contribution in [0.3, 0.4) is 0 Å². The van der Waals surface area contributed by atoms with Crippen LogP contribution in [0.5, 0.6) is 0 Å². The summed E-state index contributed by atoms with van der Waals surface area (Å²) in [5.41, 5.74) is 6.18. The topological polar surface area (TPSA) is 170 Å². The number of hydrogen-bond acceptors (Lipinski definition) is 8. The second-order valence-electron chi connectivity index (χ2n) is 3.95. The van der Waals surface area contributed by atoms with Crippen LogP contribution in [-0.2, 0) is 15.8 Å². The fourth-order valence-electron chi connectivity index (χ4n) is 1.43. The number of hydrogen-bond donors (Lipinski definition) is 4. The third-order valence-electron chi connectivity index (χ3n) is 2.31. The third-order valence-corrected chi connectivity index (χ3v) is 2.79. The van der Waals surface area contributed by atoms with Gasteiger partial charge in [-0.25, -0.2) is 9.97 Å². The van der Waals surface area contributed by atoms with Gasteiger partial charge in [0.2, 0.25) is 5.65 Å². The maximum Gasteiger partial charge on any atom is 0.350 e. The molecule has 0 bridgehead atoms. The van der Waals surface area contributed by atoms with E-state index in [2.05, 4.69) is 20.2 Å². The Morgan fingerprint density at radius 2 is 2.15 bits per heavy atom. The standard InChI is InChI=1S/C8H13N6O5P/c9-7-6-8(11-3-10-7)13-14(12-6)1-5(2-15)19-4-20(16,17)18/h3,5,15H,1-2,4H2,(H2,16,17,18)(H2,9,10,11,13)/t5-/m0/s1. The van der Waals surface area contributed by atoms with Crippen molar-refractivity contribution >= 4 is 24.6 Å². The first-order chi connectivity index (χ1) is 9.39. The summed E-state index contributed by atoms with van der Waals surface area (Å²) >= 11 is 0. The molecule has 0 aromatic carbocycles. The molecule has 2 aromatic rings. The fraction of sp³-hybridized carbons (Fsp3) is 0.500. The van der Waals surface area contributed by atoms with Gasteiger partial charge in [0.05, 0.1) is 13.2 Å². The van der Waals surface area contributed by atoms with E-state index >= 15 is 0 Å². The molecular formula is C8H13N6O5P. The molecule has 0 aliphatic rings. The Hall–Kier alpha value is -1.65. The van der Waals surface area contributed by atoms with Gasteiger partial charge >= 0.3 is 7.60 Å². The van der Waals surface area contributed by atoms with E-state index in [1.807, 2.05) is 0 Å². The number of aliphatic hydroxyl groups is 1. The average molecular weight is 304 g/mol. The van der Waals surface area contributed by atoms with E-state index in [4.69, 9.17) is 25.4 Å². The minimum atomic E-state index is -4.30. The van der Waals surface area contributed by atoms with E-state index in [0.29, 0.717) is 5.52 Å². The van der Waals surface area contributed by atoms with E-state index in [1.165, 1.54) is 11.1 Å². The molecule has 0 radical (unpaired) electrons. The first-order valence-electron chi connectivity index (χ1n) is 5.47. The van der Waals surface area contributed by atoms with Crippen LogP contribution >= 0.6 is 7.60 Å². The van der Waals surface area contributed by atoms with E-state index in [9.17, 15) is 4.57 Å². The van der Waals surface area contributed by atoms with Crippen LogP contribution < -0.4 is 5.73 Å². The van der Waals surface area contributed by atoms with Crippen LogP contribution in [0.1, 0.15) is 0 Å². The predicted octanol–water partition coefficient (Wildman–Crippen LogP) is -1.68. The normalized spacial score (nSPS) is 13.8. The van der Waals surface area contributed by atoms with Crippen LogP contribution in [0.4, 0.5) is 5.82 Å². The summed E-state index contributed by atoms with van der Waals surface area (Å²) in [4.78, 5) is 26.2. The average Bonchev–Trinajstić information content (AvgIpc) is 2.77. The highest BCUT2D eigenvalue weighted by molar-refractivity contribution is 7.51. The van der Waals surface area contributed by atoms with Crippen molar-refractivity contribution < 1.29 is 24.2 Å². The maximum atomic E-state index is 10.7. The molecule has 0 amide bonds. The Morgan fingerprint density at radius 1 is 1.40 bits per heavy atom. The zero-order chi connectivity index (χ0) is 14.8. The zero-order valence-corrected chi connectivity index (χ0v) is 11.1. The summed E-state index contributed by atoms with van der Waals surface area (Å²) in [5.74, 6) is 0.165. The van der Waals surface area contributed by atoms with Crippen molar-refractivity contribution in [2.75, 3.05) is 18.7 Å². The molecule has 2 rings (SSSR count). The molecule has 0 aliphatic heterocycles. The van der Waals surface area contributed by atoms with Gasteiger partial charge in [0.1, 0.15) is 18.8 Å². The van der Waals surface area contributed by atoms with Gasteiger partial charge in [0.15, 0.2) is 11.3 Å². The molecule has 1 atom stereocenters. The van der Waals surface area contributed by atoms with Gasteiger partial charge in [-0.1, -0.05) is 0 Å². The highest BCUT2D eigenvalue weighted by Gasteiger charge is 2.19. The number of anilines is 1. The molecule has 0 saturated carbocycles. The summed E-state index contributed by atoms with van der Waals surface area (Å²) in [5, 5.41) is 17.1. The first-order valence-corrected chi connectivity index (χ1v) is 7.27. The molecule has 110 valence electrons. The van der Waals surface area contributed by atoms with Crippen LogP contribution in [0.25, 0.3) is 11.2 Å². The van der Waals surface area contributed by atoms with Gasteiger partial charge in [-0.3, -0.25) is 4.57 Å². The maximum absolute atomic E-state index is 10.7. The Bertz CT molecular complexity index is 641. The Balaban J connectivity index is 2.09. The number of aromatic nitrogens is 5. The number of fused-ring (bicyclic) bond motifs is 1. The van der Waals surface area contributed by atoms with E-state index < -0.39 is 26.7 Å². The van der Waals surface area contributed by atoms with Crippen molar-refractivity contribution in [2.45, 2.75) is 12.6 Å². The van der Waals surface area contributed by atoms with Crippen molar-refractivity contribution in [3.63, 3.8) is 0 Å². The molecule has 0 unspecified atom stereocenters. The highest BCUT2D eigenvalue weighted by atomic mass is 31.2. The Labute approximate surface area is 112 Å².